The summed E-state index contributed by atoms with van der Waals surface area (Å²) in [7, 11) is 0. The average molecular weight is 420 g/mol. The molecule has 1 atom stereocenters. The van der Waals surface area contributed by atoms with Crippen molar-refractivity contribution in [3.8, 4) is 11.5 Å². The summed E-state index contributed by atoms with van der Waals surface area (Å²) in [6.45, 7) is 0.823. The van der Waals surface area contributed by atoms with Crippen molar-refractivity contribution in [1.29, 1.82) is 0 Å². The summed E-state index contributed by atoms with van der Waals surface area (Å²) in [6.07, 6.45) is -0.528. The number of aromatic hydroxyl groups is 1. The summed E-state index contributed by atoms with van der Waals surface area (Å²) >= 11 is 0. The third kappa shape index (κ3) is 4.88. The fourth-order valence-corrected chi connectivity index (χ4v) is 3.56. The predicted molar refractivity (Wildman–Crippen MR) is 120 cm³/mol. The molecule has 0 saturated carbocycles. The number of urea groups is 1. The maximum absolute atomic E-state index is 11.0. The normalized spacial score (nSPS) is 12.2. The number of benzene rings is 3. The van der Waals surface area contributed by atoms with Gasteiger partial charge in [0.25, 0.3) is 0 Å². The molecule has 31 heavy (non-hydrogen) atoms. The highest BCUT2D eigenvalue weighted by Gasteiger charge is 2.09. The number of anilines is 1. The highest BCUT2D eigenvalue weighted by Crippen LogP contribution is 2.28. The fraction of sp³-hybridized carbons (Fsp3) is 0.174. The molecule has 0 spiro atoms. The first kappa shape index (κ1) is 20.5. The van der Waals surface area contributed by atoms with Crippen molar-refractivity contribution in [2.24, 2.45) is 5.73 Å². The van der Waals surface area contributed by atoms with Gasteiger partial charge in [-0.25, -0.2) is 4.79 Å². The summed E-state index contributed by atoms with van der Waals surface area (Å²) in [5.41, 5.74) is 8.11. The van der Waals surface area contributed by atoms with Crippen molar-refractivity contribution >= 4 is 33.5 Å². The van der Waals surface area contributed by atoms with E-state index in [0.717, 1.165) is 27.7 Å². The lowest BCUT2D eigenvalue weighted by Crippen LogP contribution is -2.34. The van der Waals surface area contributed by atoms with Crippen molar-refractivity contribution in [2.75, 3.05) is 18.5 Å². The topological polar surface area (TPSA) is 133 Å². The minimum atomic E-state index is -0.814. The minimum Gasteiger partial charge on any atom is -0.506 e. The Morgan fingerprint density at radius 2 is 1.87 bits per heavy atom. The number of fused-ring (bicyclic) bond motifs is 3. The molecule has 0 saturated heterocycles. The third-order valence-electron chi connectivity index (χ3n) is 4.98. The van der Waals surface area contributed by atoms with Crippen LogP contribution in [0.3, 0.4) is 0 Å². The summed E-state index contributed by atoms with van der Waals surface area (Å²) in [4.78, 5) is 14.4. The number of carbonyl (C=O) groups is 1. The zero-order valence-electron chi connectivity index (χ0n) is 16.8. The van der Waals surface area contributed by atoms with Gasteiger partial charge in [0.05, 0.1) is 11.2 Å². The molecule has 0 aliphatic carbocycles. The lowest BCUT2D eigenvalue weighted by Gasteiger charge is -2.14. The number of aromatic nitrogens is 1. The molecule has 3 aromatic carbocycles. The minimum absolute atomic E-state index is 0.0923. The molecule has 0 aliphatic heterocycles. The first-order valence-corrected chi connectivity index (χ1v) is 9.92. The predicted octanol–water partition coefficient (Wildman–Crippen LogP) is 3.05. The van der Waals surface area contributed by atoms with E-state index in [0.29, 0.717) is 13.2 Å². The molecule has 1 aromatic heterocycles. The number of carbonyl (C=O) groups excluding carboxylic acids is 1. The van der Waals surface area contributed by atoms with Crippen LogP contribution >= 0.6 is 0 Å². The van der Waals surface area contributed by atoms with Crippen LogP contribution in [0.2, 0.25) is 0 Å². The van der Waals surface area contributed by atoms with Crippen molar-refractivity contribution in [1.82, 2.24) is 10.3 Å². The monoisotopic (exact) mass is 420 g/mol. The van der Waals surface area contributed by atoms with E-state index in [1.165, 1.54) is 11.5 Å². The number of H-pyrrole nitrogens is 1. The Labute approximate surface area is 178 Å². The number of aliphatic hydroxyl groups is 1. The molecular weight excluding hydrogens is 396 g/mol. The first-order chi connectivity index (χ1) is 15.0. The van der Waals surface area contributed by atoms with Gasteiger partial charge >= 0.3 is 6.03 Å². The maximum Gasteiger partial charge on any atom is 0.316 e. The number of rotatable bonds is 8. The van der Waals surface area contributed by atoms with Crippen molar-refractivity contribution in [2.45, 2.75) is 12.6 Å². The molecule has 4 aromatic rings. The molecule has 8 heteroatoms. The lowest BCUT2D eigenvalue weighted by atomic mass is 10.1. The average Bonchev–Trinajstić information content (AvgIpc) is 3.11. The number of hydrogen-bond acceptors (Lipinski definition) is 5. The zero-order chi connectivity index (χ0) is 21.8. The molecular formula is C23H24N4O4. The van der Waals surface area contributed by atoms with E-state index in [1.807, 2.05) is 36.4 Å². The zero-order valence-corrected chi connectivity index (χ0v) is 16.8. The summed E-state index contributed by atoms with van der Waals surface area (Å²) in [5, 5.41) is 27.6. The Bertz CT molecular complexity index is 1220. The SMILES string of the molecule is NC(=O)Nc1cc(CC(O)NCCOc2ccc3c(c2)[nH]c2ccccc23)ccc1O. The van der Waals surface area contributed by atoms with E-state index in [1.54, 1.807) is 12.1 Å². The van der Waals surface area contributed by atoms with Gasteiger partial charge in [-0.3, -0.25) is 5.32 Å². The van der Waals surface area contributed by atoms with E-state index >= 15 is 0 Å². The van der Waals surface area contributed by atoms with Crippen LogP contribution in [0.25, 0.3) is 21.8 Å². The molecule has 2 amide bonds. The molecule has 8 nitrogen and oxygen atoms in total. The molecule has 1 heterocycles. The van der Waals surface area contributed by atoms with Crippen molar-refractivity contribution < 1.29 is 19.7 Å². The van der Waals surface area contributed by atoms with Crippen LogP contribution in [0.5, 0.6) is 11.5 Å². The number of nitrogens with one attached hydrogen (secondary N) is 3. The fourth-order valence-electron chi connectivity index (χ4n) is 3.56. The molecule has 0 fully saturated rings. The second-order valence-electron chi connectivity index (χ2n) is 7.24. The van der Waals surface area contributed by atoms with Gasteiger partial charge in [0.1, 0.15) is 24.3 Å². The van der Waals surface area contributed by atoms with Gasteiger partial charge in [0.2, 0.25) is 0 Å². The molecule has 160 valence electrons. The number of primary amides is 1. The maximum atomic E-state index is 11.0. The van der Waals surface area contributed by atoms with Crippen molar-refractivity contribution in [3.63, 3.8) is 0 Å². The van der Waals surface area contributed by atoms with Gasteiger partial charge in [-0.15, -0.1) is 0 Å². The molecule has 0 aliphatic rings. The number of nitrogens with two attached hydrogens (primary N) is 1. The summed E-state index contributed by atoms with van der Waals surface area (Å²) < 4.78 is 5.80. The van der Waals surface area contributed by atoms with Gasteiger partial charge < -0.3 is 31.0 Å². The standard InChI is InChI=1S/C23H24N4O4/c24-23(30)27-20-11-14(5-8-21(20)28)12-22(29)25-9-10-31-15-6-7-17-16-3-1-2-4-18(16)26-19(17)13-15/h1-8,11,13,22,25-26,28-29H,9-10,12H2,(H3,24,27,30). The molecule has 0 radical (unpaired) electrons. The van der Waals surface area contributed by atoms with E-state index < -0.39 is 12.3 Å². The van der Waals surface area contributed by atoms with Gasteiger partial charge in [0.15, 0.2) is 0 Å². The Morgan fingerprint density at radius 1 is 1.06 bits per heavy atom. The Kier molecular flexibility index (Phi) is 5.92. The molecule has 1 unspecified atom stereocenters. The number of phenols is 1. The third-order valence-corrected chi connectivity index (χ3v) is 4.98. The van der Waals surface area contributed by atoms with Crippen LogP contribution in [0.1, 0.15) is 5.56 Å². The van der Waals surface area contributed by atoms with Crippen LogP contribution in [0.15, 0.2) is 60.7 Å². The van der Waals surface area contributed by atoms with E-state index in [2.05, 4.69) is 21.7 Å². The highest BCUT2D eigenvalue weighted by molar-refractivity contribution is 6.07. The quantitative estimate of drug-likeness (QED) is 0.148. The Morgan fingerprint density at radius 3 is 2.71 bits per heavy atom. The Balaban J connectivity index is 1.28. The van der Waals surface area contributed by atoms with Crippen LogP contribution in [0, 0.1) is 0 Å². The first-order valence-electron chi connectivity index (χ1n) is 9.92. The van der Waals surface area contributed by atoms with E-state index in [-0.39, 0.29) is 17.9 Å². The molecule has 4 rings (SSSR count). The Hall–Kier alpha value is -3.75. The smallest absolute Gasteiger partial charge is 0.316 e. The van der Waals surface area contributed by atoms with Crippen LogP contribution in [-0.4, -0.2) is 40.6 Å². The lowest BCUT2D eigenvalue weighted by molar-refractivity contribution is 0.130. The number of phenolic OH excluding ortho intramolecular Hbond substituents is 1. The van der Waals surface area contributed by atoms with Gasteiger partial charge in [-0.05, 0) is 35.9 Å². The van der Waals surface area contributed by atoms with Gasteiger partial charge in [-0.1, -0.05) is 24.3 Å². The second kappa shape index (κ2) is 8.95. The van der Waals surface area contributed by atoms with Gasteiger partial charge in [-0.2, -0.15) is 0 Å². The van der Waals surface area contributed by atoms with Crippen LogP contribution in [-0.2, 0) is 6.42 Å². The molecule has 0 bridgehead atoms. The number of amides is 2. The number of aromatic amines is 1. The number of para-hydroxylation sites is 1. The van der Waals surface area contributed by atoms with Crippen LogP contribution < -0.4 is 21.1 Å². The van der Waals surface area contributed by atoms with E-state index in [9.17, 15) is 15.0 Å². The summed E-state index contributed by atoms with van der Waals surface area (Å²) in [5.74, 6) is 0.654. The number of ether oxygens (including phenoxy) is 1. The highest BCUT2D eigenvalue weighted by atomic mass is 16.5. The second-order valence-corrected chi connectivity index (χ2v) is 7.24. The largest absolute Gasteiger partial charge is 0.506 e. The van der Waals surface area contributed by atoms with Crippen LogP contribution in [0.4, 0.5) is 10.5 Å². The van der Waals surface area contributed by atoms with E-state index in [4.69, 9.17) is 10.5 Å². The van der Waals surface area contributed by atoms with Gasteiger partial charge in [0, 0.05) is 35.3 Å². The van der Waals surface area contributed by atoms with Crippen molar-refractivity contribution in [3.05, 3.63) is 66.2 Å². The number of hydrogen-bond donors (Lipinski definition) is 6. The number of aliphatic hydroxyl groups excluding tert-OH is 1. The molecule has 7 N–H and O–H groups in total. The summed E-state index contributed by atoms with van der Waals surface area (Å²) in [6, 6.07) is 18.0.